The highest BCUT2D eigenvalue weighted by Gasteiger charge is 2.28. The molecule has 9 heteroatoms. The van der Waals surface area contributed by atoms with E-state index in [-0.39, 0.29) is 17.5 Å². The van der Waals surface area contributed by atoms with Crippen molar-refractivity contribution in [3.63, 3.8) is 0 Å². The van der Waals surface area contributed by atoms with Crippen molar-refractivity contribution in [3.05, 3.63) is 49.6 Å². The highest BCUT2D eigenvalue weighted by atomic mass is 32.1. The Balaban J connectivity index is 1.42. The molecular formula is C21H27N5O3S. The van der Waals surface area contributed by atoms with E-state index in [1.807, 2.05) is 6.07 Å². The summed E-state index contributed by atoms with van der Waals surface area (Å²) in [6, 6.07) is 4.23. The number of nitrogens with zero attached hydrogens (tertiary/aromatic N) is 4. The van der Waals surface area contributed by atoms with Crippen LogP contribution < -0.4 is 16.6 Å². The summed E-state index contributed by atoms with van der Waals surface area (Å²) in [4.78, 5) is 42.7. The molecular weight excluding hydrogens is 402 g/mol. The lowest BCUT2D eigenvalue weighted by Crippen LogP contribution is -2.37. The van der Waals surface area contributed by atoms with Gasteiger partial charge in [-0.15, -0.1) is 11.3 Å². The predicted molar refractivity (Wildman–Crippen MR) is 117 cm³/mol. The number of aromatic nitrogens is 4. The minimum atomic E-state index is -0.399. The zero-order chi connectivity index (χ0) is 21.3. The predicted octanol–water partition coefficient (Wildman–Crippen LogP) is 2.32. The van der Waals surface area contributed by atoms with Crippen LogP contribution in [0.1, 0.15) is 49.4 Å². The Morgan fingerprint density at radius 2 is 2.03 bits per heavy atom. The molecule has 8 nitrogen and oxygen atoms in total. The lowest BCUT2D eigenvalue weighted by Gasteiger charge is -2.24. The first-order valence-electron chi connectivity index (χ1n) is 10.4. The van der Waals surface area contributed by atoms with Gasteiger partial charge in [-0.2, -0.15) is 0 Å². The van der Waals surface area contributed by atoms with Gasteiger partial charge < -0.3 is 9.88 Å². The molecule has 1 atom stereocenters. The number of thiophene rings is 1. The van der Waals surface area contributed by atoms with Crippen molar-refractivity contribution in [1.82, 2.24) is 24.0 Å². The molecule has 4 rings (SSSR count). The fourth-order valence-electron chi connectivity index (χ4n) is 4.40. The molecule has 0 spiro atoms. The topological polar surface area (TPSA) is 90.9 Å². The number of carbonyl (C=O) groups excluding carboxylic acids is 1. The Kier molecular flexibility index (Phi) is 5.90. The highest BCUT2D eigenvalue weighted by molar-refractivity contribution is 7.10. The second-order valence-corrected chi connectivity index (χ2v) is 9.00. The van der Waals surface area contributed by atoms with Gasteiger partial charge in [0.2, 0.25) is 5.91 Å². The van der Waals surface area contributed by atoms with Gasteiger partial charge in [-0.25, -0.2) is 9.78 Å². The second-order valence-electron chi connectivity index (χ2n) is 8.02. The number of carbonyl (C=O) groups is 1. The molecule has 0 bridgehead atoms. The van der Waals surface area contributed by atoms with Crippen LogP contribution in [0.2, 0.25) is 0 Å². The molecule has 1 N–H and O–H groups in total. The van der Waals surface area contributed by atoms with Crippen molar-refractivity contribution >= 4 is 28.4 Å². The van der Waals surface area contributed by atoms with Gasteiger partial charge >= 0.3 is 5.69 Å². The Labute approximate surface area is 178 Å². The highest BCUT2D eigenvalue weighted by Crippen LogP contribution is 2.37. The van der Waals surface area contributed by atoms with Crippen molar-refractivity contribution in [2.75, 3.05) is 0 Å². The van der Waals surface area contributed by atoms with Crippen molar-refractivity contribution in [1.29, 1.82) is 0 Å². The van der Waals surface area contributed by atoms with Crippen molar-refractivity contribution in [3.8, 4) is 0 Å². The van der Waals surface area contributed by atoms with Gasteiger partial charge in [-0.3, -0.25) is 18.7 Å². The molecule has 1 saturated carbocycles. The largest absolute Gasteiger partial charge is 0.348 e. The van der Waals surface area contributed by atoms with Crippen LogP contribution in [0.15, 0.2) is 33.4 Å². The van der Waals surface area contributed by atoms with Gasteiger partial charge in [0, 0.05) is 31.9 Å². The Morgan fingerprint density at radius 3 is 2.73 bits per heavy atom. The van der Waals surface area contributed by atoms with Crippen molar-refractivity contribution in [2.24, 2.45) is 20.0 Å². The number of imidazole rings is 1. The molecule has 0 radical (unpaired) electrons. The fraction of sp³-hybridized carbons (Fsp3) is 0.524. The minimum absolute atomic E-state index is 0.0324. The van der Waals surface area contributed by atoms with Gasteiger partial charge in [-0.1, -0.05) is 18.9 Å². The van der Waals surface area contributed by atoms with E-state index < -0.39 is 5.69 Å². The van der Waals surface area contributed by atoms with Gasteiger partial charge in [0.05, 0.1) is 12.4 Å². The molecule has 1 unspecified atom stereocenters. The van der Waals surface area contributed by atoms with E-state index in [1.165, 1.54) is 29.3 Å². The molecule has 1 amide bonds. The van der Waals surface area contributed by atoms with Gasteiger partial charge in [0.15, 0.2) is 11.2 Å². The second kappa shape index (κ2) is 8.59. The summed E-state index contributed by atoms with van der Waals surface area (Å²) in [5, 5.41) is 5.31. The van der Waals surface area contributed by atoms with Crippen molar-refractivity contribution < 1.29 is 4.79 Å². The van der Waals surface area contributed by atoms with Crippen LogP contribution in [0.25, 0.3) is 11.2 Å². The average molecular weight is 430 g/mol. The maximum absolute atomic E-state index is 12.7. The number of amides is 1. The van der Waals surface area contributed by atoms with Crippen LogP contribution in [0, 0.1) is 5.92 Å². The molecule has 0 aliphatic heterocycles. The van der Waals surface area contributed by atoms with E-state index in [9.17, 15) is 14.4 Å². The minimum Gasteiger partial charge on any atom is -0.348 e. The number of rotatable bonds is 7. The first kappa shape index (κ1) is 20.6. The van der Waals surface area contributed by atoms with Crippen LogP contribution in [0.4, 0.5) is 0 Å². The normalized spacial score (nSPS) is 15.7. The first-order chi connectivity index (χ1) is 14.5. The zero-order valence-corrected chi connectivity index (χ0v) is 18.2. The van der Waals surface area contributed by atoms with E-state index in [4.69, 9.17) is 0 Å². The molecule has 1 fully saturated rings. The molecule has 1 aliphatic carbocycles. The monoisotopic (exact) mass is 429 g/mol. The Morgan fingerprint density at radius 1 is 1.27 bits per heavy atom. The van der Waals surface area contributed by atoms with Crippen LogP contribution in [-0.2, 0) is 25.4 Å². The quantitative estimate of drug-likeness (QED) is 0.624. The number of fused-ring (bicyclic) bond motifs is 1. The van der Waals surface area contributed by atoms with E-state index in [0.29, 0.717) is 36.5 Å². The summed E-state index contributed by atoms with van der Waals surface area (Å²) in [6.45, 7) is 0.491. The van der Waals surface area contributed by atoms with E-state index in [0.717, 1.165) is 17.4 Å². The van der Waals surface area contributed by atoms with Crippen molar-refractivity contribution in [2.45, 2.75) is 51.1 Å². The van der Waals surface area contributed by atoms with Crippen LogP contribution in [-0.4, -0.2) is 24.6 Å². The third-order valence-corrected chi connectivity index (χ3v) is 7.01. The third kappa shape index (κ3) is 3.86. The number of aryl methyl sites for hydroxylation is 2. The number of hydrogen-bond donors (Lipinski definition) is 1. The molecule has 0 saturated heterocycles. The molecule has 3 aromatic rings. The van der Waals surface area contributed by atoms with Gasteiger partial charge in [-0.05, 0) is 36.6 Å². The van der Waals surface area contributed by atoms with E-state index in [2.05, 4.69) is 21.7 Å². The summed E-state index contributed by atoms with van der Waals surface area (Å²) >= 11 is 1.70. The molecule has 0 aromatic carbocycles. The SMILES string of the molecule is Cn1c(=O)c2c(ncn2CCCC(=O)NC(c2cccs2)C2CCCC2)n(C)c1=O. The summed E-state index contributed by atoms with van der Waals surface area (Å²) in [5.74, 6) is 0.541. The molecule has 3 heterocycles. The maximum Gasteiger partial charge on any atom is 0.332 e. The van der Waals surface area contributed by atoms with Gasteiger partial charge in [0.1, 0.15) is 0 Å². The smallest absolute Gasteiger partial charge is 0.332 e. The standard InChI is InChI=1S/C21H27N5O3S/c1-24-19-18(20(28)25(2)21(24)29)26(13-22-19)11-5-10-16(27)23-17(14-7-3-4-8-14)15-9-6-12-30-15/h6,9,12-14,17H,3-5,7-8,10-11H2,1-2H3,(H,23,27). The Hall–Kier alpha value is -2.68. The number of hydrogen-bond acceptors (Lipinski definition) is 5. The lowest BCUT2D eigenvalue weighted by atomic mass is 9.96. The fourth-order valence-corrected chi connectivity index (χ4v) is 5.27. The summed E-state index contributed by atoms with van der Waals surface area (Å²) in [5.41, 5.74) is -0.00771. The zero-order valence-electron chi connectivity index (χ0n) is 17.3. The first-order valence-corrected chi connectivity index (χ1v) is 11.3. The summed E-state index contributed by atoms with van der Waals surface area (Å²) < 4.78 is 4.19. The third-order valence-electron chi connectivity index (χ3n) is 6.06. The van der Waals surface area contributed by atoms with E-state index >= 15 is 0 Å². The molecule has 30 heavy (non-hydrogen) atoms. The maximum atomic E-state index is 12.7. The summed E-state index contributed by atoms with van der Waals surface area (Å²) in [7, 11) is 3.06. The molecule has 3 aromatic heterocycles. The van der Waals surface area contributed by atoms with Crippen LogP contribution in [0.3, 0.4) is 0 Å². The molecule has 160 valence electrons. The van der Waals surface area contributed by atoms with E-state index in [1.54, 1.807) is 29.3 Å². The Bertz CT molecular complexity index is 1150. The number of nitrogens with one attached hydrogen (secondary N) is 1. The molecule has 1 aliphatic rings. The summed E-state index contributed by atoms with van der Waals surface area (Å²) in [6.07, 6.45) is 7.31. The van der Waals surface area contributed by atoms with Crippen LogP contribution >= 0.6 is 11.3 Å². The lowest BCUT2D eigenvalue weighted by molar-refractivity contribution is -0.122. The van der Waals surface area contributed by atoms with Gasteiger partial charge in [0.25, 0.3) is 5.56 Å². The van der Waals surface area contributed by atoms with Crippen LogP contribution in [0.5, 0.6) is 0 Å². The average Bonchev–Trinajstić information content (AvgIpc) is 3.50.